The highest BCUT2D eigenvalue weighted by atomic mass is 32.2. The maximum absolute atomic E-state index is 13.4. The number of anilines is 1. The van der Waals surface area contributed by atoms with Gasteiger partial charge in [0, 0.05) is 12.1 Å². The van der Waals surface area contributed by atoms with Gasteiger partial charge in [-0.2, -0.15) is 0 Å². The Kier molecular flexibility index (Phi) is 7.93. The number of hydrogen-bond acceptors (Lipinski definition) is 7. The van der Waals surface area contributed by atoms with Crippen LogP contribution in [-0.2, 0) is 14.8 Å². The van der Waals surface area contributed by atoms with Crippen LogP contribution >= 0.6 is 0 Å². The number of aliphatic hydroxyl groups is 1. The van der Waals surface area contributed by atoms with Gasteiger partial charge in [-0.3, -0.25) is 14.4 Å². The summed E-state index contributed by atoms with van der Waals surface area (Å²) in [5.74, 6) is 0.107. The Morgan fingerprint density at radius 2 is 1.93 bits per heavy atom. The summed E-state index contributed by atoms with van der Waals surface area (Å²) in [6.45, 7) is 4.96. The van der Waals surface area contributed by atoms with Crippen LogP contribution in [0.3, 0.4) is 0 Å². The molecule has 0 unspecified atom stereocenters. The Morgan fingerprint density at radius 3 is 2.50 bits per heavy atom. The fourth-order valence-corrected chi connectivity index (χ4v) is 4.19. The van der Waals surface area contributed by atoms with E-state index in [-0.39, 0.29) is 35.2 Å². The second-order valence-corrected chi connectivity index (χ2v) is 8.30. The third-order valence-corrected chi connectivity index (χ3v) is 5.97. The van der Waals surface area contributed by atoms with Crippen molar-refractivity contribution in [1.29, 1.82) is 0 Å². The molecule has 0 saturated heterocycles. The summed E-state index contributed by atoms with van der Waals surface area (Å²) in [6, 6.07) is 9.76. The van der Waals surface area contributed by atoms with E-state index in [4.69, 9.17) is 9.47 Å². The Bertz CT molecular complexity index is 991. The van der Waals surface area contributed by atoms with Crippen molar-refractivity contribution < 1.29 is 27.9 Å². The summed E-state index contributed by atoms with van der Waals surface area (Å²) in [5.41, 5.74) is 0.494. The molecule has 9 nitrogen and oxygen atoms in total. The summed E-state index contributed by atoms with van der Waals surface area (Å²) in [5, 5.41) is 21.6. The molecule has 0 aliphatic heterocycles. The van der Waals surface area contributed by atoms with E-state index in [1.165, 1.54) is 37.5 Å². The van der Waals surface area contributed by atoms with Gasteiger partial charge in [-0.05, 0) is 25.1 Å². The molecule has 30 heavy (non-hydrogen) atoms. The van der Waals surface area contributed by atoms with Gasteiger partial charge in [0.25, 0.3) is 15.7 Å². The van der Waals surface area contributed by atoms with Gasteiger partial charge in [0.1, 0.15) is 11.4 Å². The van der Waals surface area contributed by atoms with Crippen LogP contribution in [0.1, 0.15) is 5.56 Å². The minimum absolute atomic E-state index is 0.0270. The second-order valence-electron chi connectivity index (χ2n) is 6.44. The van der Waals surface area contributed by atoms with E-state index in [9.17, 15) is 23.6 Å². The largest absolute Gasteiger partial charge is 0.495 e. The number of rotatable bonds is 11. The molecule has 0 saturated carbocycles. The van der Waals surface area contributed by atoms with Crippen molar-refractivity contribution in [3.8, 4) is 5.75 Å². The molecule has 2 aromatic carbocycles. The van der Waals surface area contributed by atoms with Crippen molar-refractivity contribution in [1.82, 2.24) is 0 Å². The lowest BCUT2D eigenvalue weighted by Gasteiger charge is -2.28. The zero-order valence-corrected chi connectivity index (χ0v) is 17.5. The van der Waals surface area contributed by atoms with Crippen LogP contribution in [0.15, 0.2) is 60.0 Å². The average molecular weight is 436 g/mol. The van der Waals surface area contributed by atoms with Gasteiger partial charge in [-0.1, -0.05) is 23.8 Å². The highest BCUT2D eigenvalue weighted by Gasteiger charge is 2.30. The third-order valence-electron chi connectivity index (χ3n) is 4.17. The van der Waals surface area contributed by atoms with Crippen LogP contribution in [-0.4, -0.2) is 51.4 Å². The van der Waals surface area contributed by atoms with Gasteiger partial charge >= 0.3 is 0 Å². The number of nitro groups is 1. The van der Waals surface area contributed by atoms with Gasteiger partial charge in [0.2, 0.25) is 0 Å². The van der Waals surface area contributed by atoms with E-state index in [1.54, 1.807) is 12.1 Å². The lowest BCUT2D eigenvalue weighted by atomic mass is 10.2. The number of sulfonamides is 1. The SMILES string of the molecule is C=CCOC[C@@H](O)CN(c1cc([N+](=O)[O-])ccc1OC)S(=O)(=O)c1ccc(C)cc1. The lowest BCUT2D eigenvalue weighted by molar-refractivity contribution is -0.384. The fraction of sp³-hybridized carbons (Fsp3) is 0.300. The maximum atomic E-state index is 13.4. The monoisotopic (exact) mass is 436 g/mol. The molecule has 0 heterocycles. The molecular weight excluding hydrogens is 412 g/mol. The van der Waals surface area contributed by atoms with Crippen molar-refractivity contribution in [2.24, 2.45) is 0 Å². The van der Waals surface area contributed by atoms with Gasteiger partial charge in [-0.15, -0.1) is 6.58 Å². The van der Waals surface area contributed by atoms with Crippen LogP contribution in [0.25, 0.3) is 0 Å². The normalized spacial score (nSPS) is 12.2. The van der Waals surface area contributed by atoms with Crippen molar-refractivity contribution in [3.63, 3.8) is 0 Å². The molecular formula is C20H24N2O7S. The molecule has 0 bridgehead atoms. The number of benzene rings is 2. The first-order valence-electron chi connectivity index (χ1n) is 8.99. The summed E-state index contributed by atoms with van der Waals surface area (Å²) < 4.78 is 38.1. The molecule has 0 aromatic heterocycles. The highest BCUT2D eigenvalue weighted by molar-refractivity contribution is 7.92. The number of non-ortho nitro benzene ring substituents is 1. The molecule has 10 heteroatoms. The van der Waals surface area contributed by atoms with E-state index >= 15 is 0 Å². The predicted octanol–water partition coefficient (Wildman–Crippen LogP) is 2.67. The topological polar surface area (TPSA) is 119 Å². The minimum atomic E-state index is -4.18. The van der Waals surface area contributed by atoms with Gasteiger partial charge in [0.05, 0.1) is 42.8 Å². The average Bonchev–Trinajstić information content (AvgIpc) is 2.72. The Hall–Kier alpha value is -2.95. The first-order chi connectivity index (χ1) is 14.2. The lowest BCUT2D eigenvalue weighted by Crippen LogP contribution is -2.39. The number of aliphatic hydroxyl groups excluding tert-OH is 1. The molecule has 0 aliphatic rings. The number of methoxy groups -OCH3 is 1. The molecule has 162 valence electrons. The summed E-state index contributed by atoms with van der Waals surface area (Å²) >= 11 is 0. The standard InChI is InChI=1S/C20H24N2O7S/c1-4-11-29-14-17(23)13-21(30(26,27)18-8-5-15(2)6-9-18)19-12-16(22(24)25)7-10-20(19)28-3/h4-10,12,17,23H,1,11,13-14H2,2-3H3/t17-/m0/s1. The van der Waals surface area contributed by atoms with Crippen LogP contribution in [0, 0.1) is 17.0 Å². The maximum Gasteiger partial charge on any atom is 0.271 e. The van der Waals surface area contributed by atoms with Crippen molar-refractivity contribution >= 4 is 21.4 Å². The first kappa shape index (κ1) is 23.3. The van der Waals surface area contributed by atoms with E-state index in [0.717, 1.165) is 15.9 Å². The number of ether oxygens (including phenoxy) is 2. The summed E-state index contributed by atoms with van der Waals surface area (Å²) in [4.78, 5) is 10.6. The zero-order chi connectivity index (χ0) is 22.3. The van der Waals surface area contributed by atoms with Crippen LogP contribution < -0.4 is 9.04 Å². The highest BCUT2D eigenvalue weighted by Crippen LogP contribution is 2.35. The van der Waals surface area contributed by atoms with Gasteiger partial charge in [-0.25, -0.2) is 8.42 Å². The molecule has 1 N–H and O–H groups in total. The zero-order valence-electron chi connectivity index (χ0n) is 16.7. The summed E-state index contributed by atoms with van der Waals surface area (Å²) in [7, 11) is -2.85. The number of nitro benzene ring substituents is 1. The molecule has 0 radical (unpaired) electrons. The van der Waals surface area contributed by atoms with E-state index in [2.05, 4.69) is 6.58 Å². The van der Waals surface area contributed by atoms with Gasteiger partial charge in [0.15, 0.2) is 0 Å². The molecule has 0 spiro atoms. The molecule has 0 aliphatic carbocycles. The van der Waals surface area contributed by atoms with Crippen LogP contribution in [0.4, 0.5) is 11.4 Å². The van der Waals surface area contributed by atoms with Crippen LogP contribution in [0.2, 0.25) is 0 Å². The molecule has 2 rings (SSSR count). The number of hydrogen-bond donors (Lipinski definition) is 1. The fourth-order valence-electron chi connectivity index (χ4n) is 2.68. The van der Waals surface area contributed by atoms with E-state index in [1.807, 2.05) is 6.92 Å². The predicted molar refractivity (Wildman–Crippen MR) is 112 cm³/mol. The molecule has 0 fully saturated rings. The molecule has 2 aromatic rings. The summed E-state index contributed by atoms with van der Waals surface area (Å²) in [6.07, 6.45) is 0.297. The third kappa shape index (κ3) is 5.56. The van der Waals surface area contributed by atoms with Crippen molar-refractivity contribution in [3.05, 3.63) is 70.8 Å². The van der Waals surface area contributed by atoms with E-state index < -0.39 is 27.6 Å². The quantitative estimate of drug-likeness (QED) is 0.249. The number of aryl methyl sites for hydroxylation is 1. The Balaban J connectivity index is 2.56. The molecule has 0 amide bonds. The van der Waals surface area contributed by atoms with E-state index in [0.29, 0.717) is 0 Å². The Morgan fingerprint density at radius 1 is 1.27 bits per heavy atom. The molecule has 1 atom stereocenters. The van der Waals surface area contributed by atoms with Crippen LogP contribution in [0.5, 0.6) is 5.75 Å². The smallest absolute Gasteiger partial charge is 0.271 e. The second kappa shape index (κ2) is 10.2. The Labute approximate surface area is 175 Å². The van der Waals surface area contributed by atoms with Crippen molar-refractivity contribution in [2.75, 3.05) is 31.2 Å². The van der Waals surface area contributed by atoms with Crippen molar-refractivity contribution in [2.45, 2.75) is 17.9 Å². The minimum Gasteiger partial charge on any atom is -0.495 e. The number of nitrogens with zero attached hydrogens (tertiary/aromatic N) is 2. The first-order valence-corrected chi connectivity index (χ1v) is 10.4. The van der Waals surface area contributed by atoms with Gasteiger partial charge < -0.3 is 14.6 Å².